The molecule has 0 radical (unpaired) electrons. The van der Waals surface area contributed by atoms with Crippen LogP contribution in [-0.2, 0) is 0 Å². The molecule has 27 heavy (non-hydrogen) atoms. The lowest BCUT2D eigenvalue weighted by molar-refractivity contribution is 1.17. The van der Waals surface area contributed by atoms with Gasteiger partial charge in [0, 0.05) is 10.8 Å². The third-order valence-corrected chi connectivity index (χ3v) is 5.01. The smallest absolute Gasteiger partial charge is 0.188 e. The van der Waals surface area contributed by atoms with Crippen LogP contribution in [0.15, 0.2) is 78.9 Å². The molecule has 0 aliphatic heterocycles. The lowest BCUT2D eigenvalue weighted by Crippen LogP contribution is -1.97. The van der Waals surface area contributed by atoms with Crippen LogP contribution in [0.1, 0.15) is 5.56 Å². The Labute approximate surface area is 156 Å². The Morgan fingerprint density at radius 2 is 1.52 bits per heavy atom. The minimum absolute atomic E-state index is 0.474. The van der Waals surface area contributed by atoms with Gasteiger partial charge in [-0.15, -0.1) is 0 Å². The molecule has 4 aromatic carbocycles. The summed E-state index contributed by atoms with van der Waals surface area (Å²) in [5.74, 6) is 0. The van der Waals surface area contributed by atoms with Crippen LogP contribution in [0.2, 0.25) is 0 Å². The number of fused-ring (bicyclic) bond motifs is 4. The Hall–Kier alpha value is -4.08. The average Bonchev–Trinajstić information content (AvgIpc) is 3.05. The minimum Gasteiger partial charge on any atom is -0.308 e. The molecule has 0 atom stereocenters. The highest BCUT2D eigenvalue weighted by Gasteiger charge is 2.15. The van der Waals surface area contributed by atoms with Gasteiger partial charge in [0.2, 0.25) is 0 Å². The molecule has 0 saturated carbocycles. The fraction of sp³-hybridized carbons (Fsp3) is 0. The number of hydrogen-bond acceptors (Lipinski definition) is 1. The second-order valence-corrected chi connectivity index (χ2v) is 6.49. The number of hydrogen-bond donors (Lipinski definition) is 0. The van der Waals surface area contributed by atoms with E-state index in [9.17, 15) is 5.26 Å². The SMILES string of the molecule is [C-]#[N+]c1ccc(-n2c3ccccc3c3cc4ccccc4cc32)c(C#N)c1. The Morgan fingerprint density at radius 1 is 0.778 bits per heavy atom. The van der Waals surface area contributed by atoms with Crippen molar-refractivity contribution in [1.82, 2.24) is 4.57 Å². The van der Waals surface area contributed by atoms with E-state index in [0.717, 1.165) is 32.9 Å². The Morgan fingerprint density at radius 3 is 2.30 bits per heavy atom. The third kappa shape index (κ3) is 2.20. The van der Waals surface area contributed by atoms with E-state index in [2.05, 4.69) is 51.9 Å². The lowest BCUT2D eigenvalue weighted by Gasteiger charge is -2.10. The molecule has 0 saturated heterocycles. The van der Waals surface area contributed by atoms with Gasteiger partial charge >= 0.3 is 0 Å². The number of benzene rings is 4. The molecule has 0 unspecified atom stereocenters. The quantitative estimate of drug-likeness (QED) is 0.326. The van der Waals surface area contributed by atoms with Crippen LogP contribution < -0.4 is 0 Å². The topological polar surface area (TPSA) is 33.1 Å². The van der Waals surface area contributed by atoms with E-state index < -0.39 is 0 Å². The van der Waals surface area contributed by atoms with Gasteiger partial charge in [-0.3, -0.25) is 0 Å². The van der Waals surface area contributed by atoms with Crippen molar-refractivity contribution < 1.29 is 0 Å². The van der Waals surface area contributed by atoms with E-state index >= 15 is 0 Å². The van der Waals surface area contributed by atoms with Gasteiger partial charge in [0.05, 0.1) is 34.9 Å². The first-order valence-corrected chi connectivity index (χ1v) is 8.64. The number of para-hydroxylation sites is 1. The van der Waals surface area contributed by atoms with Gasteiger partial charge < -0.3 is 4.57 Å². The first-order valence-electron chi connectivity index (χ1n) is 8.64. The molecule has 0 aliphatic carbocycles. The Kier molecular flexibility index (Phi) is 3.22. The van der Waals surface area contributed by atoms with Crippen LogP contribution in [0.4, 0.5) is 5.69 Å². The van der Waals surface area contributed by atoms with Gasteiger partial charge in [0.1, 0.15) is 0 Å². The van der Waals surface area contributed by atoms with Crippen LogP contribution in [0.3, 0.4) is 0 Å². The summed E-state index contributed by atoms with van der Waals surface area (Å²) in [4.78, 5) is 3.46. The van der Waals surface area contributed by atoms with E-state index in [4.69, 9.17) is 6.57 Å². The lowest BCUT2D eigenvalue weighted by atomic mass is 10.1. The minimum atomic E-state index is 0.474. The summed E-state index contributed by atoms with van der Waals surface area (Å²) in [5.41, 5.74) is 3.88. The van der Waals surface area contributed by atoms with Crippen LogP contribution in [0.25, 0.3) is 43.1 Å². The highest BCUT2D eigenvalue weighted by atomic mass is 15.0. The molecular formula is C24H13N3. The highest BCUT2D eigenvalue weighted by molar-refractivity contribution is 6.13. The van der Waals surface area contributed by atoms with Crippen molar-refractivity contribution in [2.24, 2.45) is 0 Å². The largest absolute Gasteiger partial charge is 0.308 e. The first-order chi connectivity index (χ1) is 13.3. The summed E-state index contributed by atoms with van der Waals surface area (Å²) in [7, 11) is 0. The predicted molar refractivity (Wildman–Crippen MR) is 109 cm³/mol. The molecule has 0 aliphatic rings. The van der Waals surface area contributed by atoms with Crippen molar-refractivity contribution in [3.63, 3.8) is 0 Å². The van der Waals surface area contributed by atoms with Gasteiger partial charge in [-0.05, 0) is 41.1 Å². The van der Waals surface area contributed by atoms with Crippen molar-refractivity contribution >= 4 is 38.3 Å². The molecule has 0 bridgehead atoms. The maximum Gasteiger partial charge on any atom is 0.188 e. The molecule has 5 rings (SSSR count). The zero-order valence-electron chi connectivity index (χ0n) is 14.3. The molecule has 0 spiro atoms. The number of rotatable bonds is 1. The summed E-state index contributed by atoms with van der Waals surface area (Å²) in [6, 6.07) is 28.5. The van der Waals surface area contributed by atoms with Crippen LogP contribution >= 0.6 is 0 Å². The monoisotopic (exact) mass is 343 g/mol. The zero-order valence-corrected chi connectivity index (χ0v) is 14.3. The van der Waals surface area contributed by atoms with Gasteiger partial charge in [-0.2, -0.15) is 5.26 Å². The first kappa shape index (κ1) is 15.2. The molecule has 1 aromatic heterocycles. The second kappa shape index (κ2) is 5.73. The highest BCUT2D eigenvalue weighted by Crippen LogP contribution is 2.36. The van der Waals surface area contributed by atoms with Crippen LogP contribution in [0.5, 0.6) is 0 Å². The maximum atomic E-state index is 9.69. The predicted octanol–water partition coefficient (Wildman–Crippen LogP) is 6.36. The fourth-order valence-corrected chi connectivity index (χ4v) is 3.79. The van der Waals surface area contributed by atoms with E-state index in [1.165, 1.54) is 5.39 Å². The summed E-state index contributed by atoms with van der Waals surface area (Å²) >= 11 is 0. The summed E-state index contributed by atoms with van der Waals surface area (Å²) in [5, 5.41) is 14.3. The van der Waals surface area contributed by atoms with Gasteiger partial charge in [-0.25, -0.2) is 4.85 Å². The van der Waals surface area contributed by atoms with E-state index in [-0.39, 0.29) is 0 Å². The normalized spacial score (nSPS) is 10.9. The van der Waals surface area contributed by atoms with Crippen LogP contribution in [-0.4, -0.2) is 4.57 Å². The summed E-state index contributed by atoms with van der Waals surface area (Å²) < 4.78 is 2.13. The van der Waals surface area contributed by atoms with E-state index in [1.807, 2.05) is 30.3 Å². The van der Waals surface area contributed by atoms with Crippen molar-refractivity contribution in [3.05, 3.63) is 95.8 Å². The maximum absolute atomic E-state index is 9.69. The van der Waals surface area contributed by atoms with Crippen molar-refractivity contribution in [2.75, 3.05) is 0 Å². The number of nitrogens with zero attached hydrogens (tertiary/aromatic N) is 3. The summed E-state index contributed by atoms with van der Waals surface area (Å²) in [6.45, 7) is 7.22. The van der Waals surface area contributed by atoms with Gasteiger partial charge in [-0.1, -0.05) is 48.5 Å². The fourth-order valence-electron chi connectivity index (χ4n) is 3.79. The molecule has 3 heteroatoms. The second-order valence-electron chi connectivity index (χ2n) is 6.49. The van der Waals surface area contributed by atoms with E-state index in [0.29, 0.717) is 11.3 Å². The van der Waals surface area contributed by atoms with Crippen molar-refractivity contribution in [2.45, 2.75) is 0 Å². The zero-order chi connectivity index (χ0) is 18.4. The number of nitriles is 1. The molecule has 5 aromatic rings. The third-order valence-electron chi connectivity index (χ3n) is 5.01. The van der Waals surface area contributed by atoms with E-state index in [1.54, 1.807) is 12.1 Å². The molecule has 124 valence electrons. The Bertz CT molecular complexity index is 1440. The number of aromatic nitrogens is 1. The van der Waals surface area contributed by atoms with Gasteiger partial charge in [0.15, 0.2) is 5.69 Å². The molecule has 0 amide bonds. The molecule has 1 heterocycles. The Balaban J connectivity index is 1.98. The van der Waals surface area contributed by atoms with Crippen LogP contribution in [0, 0.1) is 17.9 Å². The molecular weight excluding hydrogens is 330 g/mol. The standard InChI is InChI=1S/C24H13N3/c1-26-19-10-11-22(18(12-19)15-25)27-23-9-5-4-8-20(23)21-13-16-6-2-3-7-17(16)14-24(21)27/h2-14H. The summed E-state index contributed by atoms with van der Waals surface area (Å²) in [6.07, 6.45) is 0. The van der Waals surface area contributed by atoms with Gasteiger partial charge in [0.25, 0.3) is 0 Å². The molecule has 3 nitrogen and oxygen atoms in total. The molecule has 0 N–H and O–H groups in total. The average molecular weight is 343 g/mol. The van der Waals surface area contributed by atoms with Crippen molar-refractivity contribution in [3.8, 4) is 11.8 Å². The van der Waals surface area contributed by atoms with Crippen molar-refractivity contribution in [1.29, 1.82) is 5.26 Å². The molecule has 0 fully saturated rings.